The van der Waals surface area contributed by atoms with Crippen LogP contribution in [0.3, 0.4) is 0 Å². The molecule has 0 atom stereocenters. The Balaban J connectivity index is 2.58. The largest absolute Gasteiger partial charge is 0.334 e. The third-order valence-corrected chi connectivity index (χ3v) is 3.45. The lowest BCUT2D eigenvalue weighted by Crippen LogP contribution is -2.36. The second kappa shape index (κ2) is 6.42. The second-order valence-electron chi connectivity index (χ2n) is 4.61. The van der Waals surface area contributed by atoms with Gasteiger partial charge in [-0.2, -0.15) is 5.26 Å². The van der Waals surface area contributed by atoms with Crippen molar-refractivity contribution in [3.05, 3.63) is 61.4 Å². The number of rotatable bonds is 4. The average molecular weight is 304 g/mol. The maximum atomic E-state index is 12.4. The van der Waals surface area contributed by atoms with Crippen LogP contribution in [-0.2, 0) is 12.8 Å². The van der Waals surface area contributed by atoms with Crippen molar-refractivity contribution in [3.63, 3.8) is 0 Å². The highest BCUT2D eigenvalue weighted by atomic mass is 35.5. The summed E-state index contributed by atoms with van der Waals surface area (Å²) in [6.07, 6.45) is 1.54. The fourth-order valence-electron chi connectivity index (χ4n) is 2.10. The van der Waals surface area contributed by atoms with Crippen molar-refractivity contribution in [3.8, 4) is 11.8 Å². The fraction of sp³-hybridized carbons (Fsp3) is 0.267. The van der Waals surface area contributed by atoms with Crippen molar-refractivity contribution in [2.75, 3.05) is 0 Å². The Bertz CT molecular complexity index is 798. The molecule has 0 amide bonds. The molecular weight excluding hydrogens is 290 g/mol. The topological polar surface area (TPSA) is 78.7 Å². The molecule has 0 radical (unpaired) electrons. The van der Waals surface area contributed by atoms with Gasteiger partial charge in [0.15, 0.2) is 0 Å². The number of nitriles is 1. The number of aromatic nitrogens is 2. The zero-order chi connectivity index (χ0) is 15.4. The first-order valence-electron chi connectivity index (χ1n) is 6.58. The van der Waals surface area contributed by atoms with E-state index in [1.165, 1.54) is 0 Å². The molecule has 5 nitrogen and oxygen atoms in total. The number of nitrogens with zero attached hydrogens (tertiary/aromatic N) is 2. The van der Waals surface area contributed by atoms with Crippen LogP contribution in [0.15, 0.2) is 33.9 Å². The van der Waals surface area contributed by atoms with Crippen LogP contribution in [0.2, 0.25) is 5.15 Å². The van der Waals surface area contributed by atoms with Crippen molar-refractivity contribution >= 4 is 11.6 Å². The fourth-order valence-corrected chi connectivity index (χ4v) is 2.36. The molecule has 0 saturated heterocycles. The number of hydrogen-bond acceptors (Lipinski definition) is 3. The lowest BCUT2D eigenvalue weighted by Gasteiger charge is -2.09. The summed E-state index contributed by atoms with van der Waals surface area (Å²) in [6, 6.07) is 8.78. The van der Waals surface area contributed by atoms with Gasteiger partial charge in [-0.3, -0.25) is 9.78 Å². The molecule has 0 saturated carbocycles. The van der Waals surface area contributed by atoms with Gasteiger partial charge in [-0.25, -0.2) is 9.36 Å². The van der Waals surface area contributed by atoms with Gasteiger partial charge in [-0.1, -0.05) is 37.1 Å². The second-order valence-corrected chi connectivity index (χ2v) is 4.99. The van der Waals surface area contributed by atoms with Crippen molar-refractivity contribution in [2.24, 2.45) is 0 Å². The molecule has 2 aromatic rings. The normalized spacial score (nSPS) is 10.3. The van der Waals surface area contributed by atoms with Gasteiger partial charge < -0.3 is 0 Å². The van der Waals surface area contributed by atoms with E-state index in [1.807, 2.05) is 13.0 Å². The summed E-state index contributed by atoms with van der Waals surface area (Å²) in [5, 5.41) is 8.75. The van der Waals surface area contributed by atoms with Gasteiger partial charge in [0.2, 0.25) is 0 Å². The minimum Gasteiger partial charge on any atom is -0.297 e. The van der Waals surface area contributed by atoms with Gasteiger partial charge in [0.1, 0.15) is 5.15 Å². The van der Waals surface area contributed by atoms with Gasteiger partial charge in [0, 0.05) is 0 Å². The molecule has 108 valence electrons. The van der Waals surface area contributed by atoms with Crippen molar-refractivity contribution in [1.82, 2.24) is 9.55 Å². The van der Waals surface area contributed by atoms with Crippen LogP contribution >= 0.6 is 11.6 Å². The highest BCUT2D eigenvalue weighted by Crippen LogP contribution is 2.11. The molecule has 0 fully saturated rings. The van der Waals surface area contributed by atoms with E-state index >= 15 is 0 Å². The Labute approximate surface area is 126 Å². The van der Waals surface area contributed by atoms with Crippen molar-refractivity contribution < 1.29 is 0 Å². The number of benzene rings is 1. The highest BCUT2D eigenvalue weighted by Gasteiger charge is 2.13. The summed E-state index contributed by atoms with van der Waals surface area (Å²) in [5.74, 6) is 0. The third kappa shape index (κ3) is 3.06. The summed E-state index contributed by atoms with van der Waals surface area (Å²) >= 11 is 5.93. The molecule has 1 aromatic carbocycles. The van der Waals surface area contributed by atoms with E-state index in [-0.39, 0.29) is 11.6 Å². The van der Waals surface area contributed by atoms with E-state index in [0.717, 1.165) is 16.6 Å². The maximum absolute atomic E-state index is 12.4. The quantitative estimate of drug-likeness (QED) is 0.879. The Morgan fingerprint density at radius 3 is 2.52 bits per heavy atom. The molecule has 1 heterocycles. The molecule has 0 unspecified atom stereocenters. The predicted octanol–water partition coefficient (Wildman–Crippen LogP) is 2.20. The van der Waals surface area contributed by atoms with Crippen LogP contribution in [0.1, 0.15) is 24.5 Å². The first-order chi connectivity index (χ1) is 10.1. The Kier molecular flexibility index (Phi) is 4.61. The molecule has 0 spiro atoms. The monoisotopic (exact) mass is 303 g/mol. The number of aromatic amines is 1. The van der Waals surface area contributed by atoms with Crippen LogP contribution in [-0.4, -0.2) is 9.55 Å². The molecule has 0 aliphatic rings. The van der Waals surface area contributed by atoms with Crippen LogP contribution in [0.5, 0.6) is 0 Å². The van der Waals surface area contributed by atoms with Crippen LogP contribution in [0.4, 0.5) is 0 Å². The molecule has 1 N–H and O–H groups in total. The highest BCUT2D eigenvalue weighted by molar-refractivity contribution is 6.30. The summed E-state index contributed by atoms with van der Waals surface area (Å²) in [5.41, 5.74) is 0.710. The molecule has 0 aliphatic carbocycles. The van der Waals surface area contributed by atoms with Gasteiger partial charge in [-0.05, 0) is 24.1 Å². The van der Waals surface area contributed by atoms with Crippen molar-refractivity contribution in [2.45, 2.75) is 26.2 Å². The molecular formula is C15H14ClN3O2. The van der Waals surface area contributed by atoms with E-state index in [0.29, 0.717) is 17.7 Å². The lowest BCUT2D eigenvalue weighted by molar-refractivity contribution is 0.811. The standard InChI is InChI=1S/C15H14ClN3O2/c1-2-3-12-13(16)18-15(21)19(14(12)20)11-6-4-10(5-7-11)8-9-17/h4-7H,2-3,8H2,1H3,(H,18,21). The molecule has 0 bridgehead atoms. The van der Waals surface area contributed by atoms with E-state index in [1.54, 1.807) is 24.3 Å². The van der Waals surface area contributed by atoms with Crippen LogP contribution < -0.4 is 11.2 Å². The number of nitrogens with one attached hydrogen (secondary N) is 1. The number of hydrogen-bond donors (Lipinski definition) is 1. The average Bonchev–Trinajstić information content (AvgIpc) is 2.45. The maximum Gasteiger partial charge on any atom is 0.334 e. The Morgan fingerprint density at radius 2 is 1.95 bits per heavy atom. The van der Waals surface area contributed by atoms with E-state index in [2.05, 4.69) is 4.98 Å². The molecule has 6 heteroatoms. The van der Waals surface area contributed by atoms with Crippen LogP contribution in [0, 0.1) is 11.3 Å². The van der Waals surface area contributed by atoms with Gasteiger partial charge >= 0.3 is 5.69 Å². The number of H-pyrrole nitrogens is 1. The Morgan fingerprint density at radius 1 is 1.29 bits per heavy atom. The van der Waals surface area contributed by atoms with Crippen molar-refractivity contribution in [1.29, 1.82) is 5.26 Å². The lowest BCUT2D eigenvalue weighted by atomic mass is 10.1. The van der Waals surface area contributed by atoms with Crippen LogP contribution in [0.25, 0.3) is 5.69 Å². The van der Waals surface area contributed by atoms with Gasteiger partial charge in [-0.15, -0.1) is 0 Å². The first-order valence-corrected chi connectivity index (χ1v) is 6.96. The minimum atomic E-state index is -0.571. The molecule has 21 heavy (non-hydrogen) atoms. The summed E-state index contributed by atoms with van der Waals surface area (Å²) in [4.78, 5) is 26.9. The molecule has 2 rings (SSSR count). The van der Waals surface area contributed by atoms with E-state index < -0.39 is 11.2 Å². The molecule has 1 aromatic heterocycles. The Hall–Kier alpha value is -2.32. The molecule has 0 aliphatic heterocycles. The summed E-state index contributed by atoms with van der Waals surface area (Å²) in [6.45, 7) is 1.93. The van der Waals surface area contributed by atoms with E-state index in [9.17, 15) is 9.59 Å². The third-order valence-electron chi connectivity index (χ3n) is 3.12. The predicted molar refractivity (Wildman–Crippen MR) is 81.0 cm³/mol. The van der Waals surface area contributed by atoms with E-state index in [4.69, 9.17) is 16.9 Å². The number of halogens is 1. The van der Waals surface area contributed by atoms with Gasteiger partial charge in [0.05, 0.1) is 23.7 Å². The summed E-state index contributed by atoms with van der Waals surface area (Å²) < 4.78 is 1.06. The zero-order valence-corrected chi connectivity index (χ0v) is 12.3. The zero-order valence-electron chi connectivity index (χ0n) is 11.5. The first kappa shape index (κ1) is 15.1. The summed E-state index contributed by atoms with van der Waals surface area (Å²) in [7, 11) is 0. The SMILES string of the molecule is CCCc1c(Cl)[nH]c(=O)n(-c2ccc(CC#N)cc2)c1=O. The smallest absolute Gasteiger partial charge is 0.297 e. The van der Waals surface area contributed by atoms with Gasteiger partial charge in [0.25, 0.3) is 5.56 Å². The minimum absolute atomic E-state index is 0.101.